The number of carbonyl (C=O) groups is 1. The highest BCUT2D eigenvalue weighted by Crippen LogP contribution is 2.24. The summed E-state index contributed by atoms with van der Waals surface area (Å²) in [5.74, 6) is 0.835. The van der Waals surface area contributed by atoms with Crippen molar-refractivity contribution >= 4 is 5.78 Å². The van der Waals surface area contributed by atoms with E-state index in [0.717, 1.165) is 12.8 Å². The summed E-state index contributed by atoms with van der Waals surface area (Å²) < 4.78 is 10.5. The fourth-order valence-electron chi connectivity index (χ4n) is 1.62. The molecule has 0 spiro atoms. The van der Waals surface area contributed by atoms with Gasteiger partial charge >= 0.3 is 0 Å². The molecule has 0 saturated carbocycles. The molecule has 0 N–H and O–H groups in total. The fraction of sp³-hybridized carbons (Fsp3) is 0.308. The highest BCUT2D eigenvalue weighted by Gasteiger charge is 2.15. The molecule has 0 saturated heterocycles. The van der Waals surface area contributed by atoms with Crippen LogP contribution in [0.3, 0.4) is 0 Å². The Kier molecular flexibility index (Phi) is 3.25. The summed E-state index contributed by atoms with van der Waals surface area (Å²) in [6.45, 7) is 1.46. The zero-order valence-corrected chi connectivity index (χ0v) is 9.23. The van der Waals surface area contributed by atoms with Gasteiger partial charge in [-0.2, -0.15) is 0 Å². The first-order chi connectivity index (χ1) is 7.75. The molecular formula is C13H14O3. The minimum absolute atomic E-state index is 0.122. The van der Waals surface area contributed by atoms with E-state index in [1.807, 2.05) is 6.08 Å². The van der Waals surface area contributed by atoms with E-state index in [1.54, 1.807) is 6.26 Å². The standard InChI is InChI=1S/C13H14O3/c1-10(14)13-9-15-8-12(16-13)7-11-5-3-2-4-6-11/h2-3,5,8-9H,4,6-7H2,1H3. The second-order valence-corrected chi connectivity index (χ2v) is 3.83. The lowest BCUT2D eigenvalue weighted by atomic mass is 10.0. The molecule has 84 valence electrons. The van der Waals surface area contributed by atoms with Gasteiger partial charge in [0.1, 0.15) is 18.3 Å². The molecule has 0 aromatic heterocycles. The Morgan fingerprint density at radius 1 is 1.44 bits per heavy atom. The van der Waals surface area contributed by atoms with E-state index in [0.29, 0.717) is 12.2 Å². The summed E-state index contributed by atoms with van der Waals surface area (Å²) in [5, 5.41) is 0. The zero-order valence-electron chi connectivity index (χ0n) is 9.23. The van der Waals surface area contributed by atoms with Crippen LogP contribution in [0.4, 0.5) is 0 Å². The number of ether oxygens (including phenoxy) is 2. The molecule has 3 heteroatoms. The van der Waals surface area contributed by atoms with Crippen molar-refractivity contribution in [1.82, 2.24) is 0 Å². The van der Waals surface area contributed by atoms with Crippen LogP contribution >= 0.6 is 0 Å². The van der Waals surface area contributed by atoms with Crippen LogP contribution in [0.25, 0.3) is 0 Å². The third-order valence-corrected chi connectivity index (χ3v) is 2.46. The van der Waals surface area contributed by atoms with Gasteiger partial charge in [0, 0.05) is 13.3 Å². The number of allylic oxidation sites excluding steroid dienone is 5. The van der Waals surface area contributed by atoms with E-state index in [-0.39, 0.29) is 11.5 Å². The molecule has 1 aliphatic heterocycles. The van der Waals surface area contributed by atoms with E-state index in [9.17, 15) is 4.79 Å². The lowest BCUT2D eigenvalue weighted by Crippen LogP contribution is -2.07. The summed E-state index contributed by atoms with van der Waals surface area (Å²) in [5.41, 5.74) is 1.29. The van der Waals surface area contributed by atoms with Crippen molar-refractivity contribution in [3.63, 3.8) is 0 Å². The van der Waals surface area contributed by atoms with Crippen molar-refractivity contribution in [2.24, 2.45) is 0 Å². The van der Waals surface area contributed by atoms with Crippen molar-refractivity contribution in [1.29, 1.82) is 0 Å². The molecule has 0 bridgehead atoms. The van der Waals surface area contributed by atoms with Crippen LogP contribution in [0.1, 0.15) is 26.2 Å². The molecule has 1 heterocycles. The Labute approximate surface area is 94.7 Å². The summed E-state index contributed by atoms with van der Waals surface area (Å²) >= 11 is 0. The molecule has 0 atom stereocenters. The maximum atomic E-state index is 11.1. The van der Waals surface area contributed by atoms with Crippen LogP contribution in [0.15, 0.2) is 47.8 Å². The maximum Gasteiger partial charge on any atom is 0.204 e. The Bertz CT molecular complexity index is 411. The SMILES string of the molecule is CC(=O)C1=COC=C(CC2=CC=CCC2)O1. The Morgan fingerprint density at radius 2 is 2.31 bits per heavy atom. The summed E-state index contributed by atoms with van der Waals surface area (Å²) in [6.07, 6.45) is 12.0. The average Bonchev–Trinajstić information content (AvgIpc) is 2.30. The lowest BCUT2D eigenvalue weighted by molar-refractivity contribution is -0.116. The van der Waals surface area contributed by atoms with E-state index in [2.05, 4.69) is 12.2 Å². The van der Waals surface area contributed by atoms with Crippen molar-refractivity contribution in [2.45, 2.75) is 26.2 Å². The summed E-state index contributed by atoms with van der Waals surface area (Å²) in [6, 6.07) is 0. The first-order valence-electron chi connectivity index (χ1n) is 5.34. The van der Waals surface area contributed by atoms with Crippen LogP contribution < -0.4 is 0 Å². The topological polar surface area (TPSA) is 35.5 Å². The molecule has 1 aliphatic carbocycles. The Hall–Kier alpha value is -1.77. The number of Topliss-reactive ketones (excluding diaryl/α,β-unsaturated/α-hetero) is 1. The maximum absolute atomic E-state index is 11.1. The van der Waals surface area contributed by atoms with Gasteiger partial charge < -0.3 is 9.47 Å². The van der Waals surface area contributed by atoms with Gasteiger partial charge in [-0.05, 0) is 12.8 Å². The fourth-order valence-corrected chi connectivity index (χ4v) is 1.62. The molecular weight excluding hydrogens is 204 g/mol. The quantitative estimate of drug-likeness (QED) is 0.730. The Balaban J connectivity index is 1.97. The van der Waals surface area contributed by atoms with Gasteiger partial charge in [-0.3, -0.25) is 4.79 Å². The van der Waals surface area contributed by atoms with E-state index in [1.165, 1.54) is 18.8 Å². The van der Waals surface area contributed by atoms with E-state index < -0.39 is 0 Å². The number of hydrogen-bond donors (Lipinski definition) is 0. The van der Waals surface area contributed by atoms with Crippen LogP contribution in [0.2, 0.25) is 0 Å². The van der Waals surface area contributed by atoms with Gasteiger partial charge in [-0.25, -0.2) is 0 Å². The van der Waals surface area contributed by atoms with Crippen LogP contribution in [0.5, 0.6) is 0 Å². The number of ketones is 1. The minimum Gasteiger partial charge on any atom is -0.465 e. The normalized spacial score (nSPS) is 18.9. The van der Waals surface area contributed by atoms with Gasteiger partial charge in [0.15, 0.2) is 5.78 Å². The third-order valence-electron chi connectivity index (χ3n) is 2.46. The zero-order chi connectivity index (χ0) is 11.4. The van der Waals surface area contributed by atoms with Gasteiger partial charge in [-0.1, -0.05) is 23.8 Å². The van der Waals surface area contributed by atoms with Crippen LogP contribution in [-0.4, -0.2) is 5.78 Å². The molecule has 3 nitrogen and oxygen atoms in total. The molecule has 16 heavy (non-hydrogen) atoms. The van der Waals surface area contributed by atoms with Crippen molar-refractivity contribution in [3.05, 3.63) is 47.8 Å². The average molecular weight is 218 g/mol. The first kappa shape index (κ1) is 10.7. The van der Waals surface area contributed by atoms with E-state index in [4.69, 9.17) is 9.47 Å². The van der Waals surface area contributed by atoms with Gasteiger partial charge in [0.25, 0.3) is 0 Å². The van der Waals surface area contributed by atoms with Crippen molar-refractivity contribution < 1.29 is 14.3 Å². The first-order valence-corrected chi connectivity index (χ1v) is 5.34. The highest BCUT2D eigenvalue weighted by atomic mass is 16.5. The molecule has 0 unspecified atom stereocenters. The van der Waals surface area contributed by atoms with Gasteiger partial charge in [0.05, 0.1) is 0 Å². The van der Waals surface area contributed by atoms with E-state index >= 15 is 0 Å². The van der Waals surface area contributed by atoms with Gasteiger partial charge in [0.2, 0.25) is 5.76 Å². The van der Waals surface area contributed by atoms with Crippen molar-refractivity contribution in [2.75, 3.05) is 0 Å². The van der Waals surface area contributed by atoms with Crippen LogP contribution in [0, 0.1) is 0 Å². The highest BCUT2D eigenvalue weighted by molar-refractivity contribution is 5.91. The second-order valence-electron chi connectivity index (χ2n) is 3.83. The number of carbonyl (C=O) groups excluding carboxylic acids is 1. The largest absolute Gasteiger partial charge is 0.465 e. The smallest absolute Gasteiger partial charge is 0.204 e. The second kappa shape index (κ2) is 4.84. The number of rotatable bonds is 3. The molecule has 2 aliphatic rings. The minimum atomic E-state index is -0.122. The molecule has 0 amide bonds. The molecule has 0 aromatic rings. The third kappa shape index (κ3) is 2.63. The summed E-state index contributed by atoms with van der Waals surface area (Å²) in [4.78, 5) is 11.1. The number of hydrogen-bond acceptors (Lipinski definition) is 3. The molecule has 2 rings (SSSR count). The van der Waals surface area contributed by atoms with Crippen molar-refractivity contribution in [3.8, 4) is 0 Å². The Morgan fingerprint density at radius 3 is 3.00 bits per heavy atom. The summed E-state index contributed by atoms with van der Waals surface area (Å²) in [7, 11) is 0. The predicted molar refractivity (Wildman–Crippen MR) is 60.1 cm³/mol. The predicted octanol–water partition coefficient (Wildman–Crippen LogP) is 2.97. The monoisotopic (exact) mass is 218 g/mol. The molecule has 0 aromatic carbocycles. The van der Waals surface area contributed by atoms with Gasteiger partial charge in [-0.15, -0.1) is 0 Å². The van der Waals surface area contributed by atoms with Crippen LogP contribution in [-0.2, 0) is 14.3 Å². The lowest BCUT2D eigenvalue weighted by Gasteiger charge is -2.16. The molecule has 0 radical (unpaired) electrons. The molecule has 0 fully saturated rings.